The van der Waals surface area contributed by atoms with Crippen LogP contribution in [0.5, 0.6) is 0 Å². The highest BCUT2D eigenvalue weighted by Crippen LogP contribution is 2.45. The Morgan fingerprint density at radius 1 is 1.24 bits per heavy atom. The molecule has 2 nitrogen and oxygen atoms in total. The van der Waals surface area contributed by atoms with E-state index in [4.69, 9.17) is 4.43 Å². The van der Waals surface area contributed by atoms with Crippen LogP contribution in [0.4, 0.5) is 0 Å². The molecule has 100 valence electrons. The van der Waals surface area contributed by atoms with Crippen LogP contribution in [0.2, 0.25) is 18.1 Å². The molecular weight excluding hydrogens is 228 g/mol. The summed E-state index contributed by atoms with van der Waals surface area (Å²) < 4.78 is 6.17. The van der Waals surface area contributed by atoms with Crippen molar-refractivity contribution in [3.8, 4) is 0 Å². The van der Waals surface area contributed by atoms with Gasteiger partial charge >= 0.3 is 0 Å². The Morgan fingerprint density at radius 2 is 1.82 bits per heavy atom. The maximum Gasteiger partial charge on any atom is 0.191 e. The van der Waals surface area contributed by atoms with Gasteiger partial charge in [-0.15, -0.1) is 0 Å². The fourth-order valence-corrected chi connectivity index (χ4v) is 3.04. The molecule has 0 aromatic heterocycles. The number of carbonyl (C=O) groups excluding carboxylic acids is 1. The van der Waals surface area contributed by atoms with E-state index in [9.17, 15) is 4.79 Å². The maximum absolute atomic E-state index is 10.3. The summed E-state index contributed by atoms with van der Waals surface area (Å²) in [6.07, 6.45) is 5.38. The molecule has 0 aliphatic heterocycles. The van der Waals surface area contributed by atoms with Gasteiger partial charge in [0.25, 0.3) is 0 Å². The smallest absolute Gasteiger partial charge is 0.191 e. The summed E-state index contributed by atoms with van der Waals surface area (Å²) in [4.78, 5) is 10.3. The van der Waals surface area contributed by atoms with Crippen LogP contribution < -0.4 is 0 Å². The molecule has 0 saturated heterocycles. The SMILES string of the molecule is CC(C)(C)[Si](C)(C)OCC[C@H]1C[C@@H]1CCC=O. The van der Waals surface area contributed by atoms with E-state index in [0.29, 0.717) is 5.04 Å². The Labute approximate surface area is 107 Å². The molecule has 0 aromatic carbocycles. The van der Waals surface area contributed by atoms with Gasteiger partial charge in [0.15, 0.2) is 8.32 Å². The quantitative estimate of drug-likeness (QED) is 0.508. The zero-order valence-electron chi connectivity index (χ0n) is 12.1. The molecule has 0 bridgehead atoms. The number of rotatable bonds is 7. The second kappa shape index (κ2) is 5.66. The molecule has 0 spiro atoms. The molecule has 1 saturated carbocycles. The van der Waals surface area contributed by atoms with Crippen molar-refractivity contribution >= 4 is 14.6 Å². The topological polar surface area (TPSA) is 26.3 Å². The van der Waals surface area contributed by atoms with Gasteiger partial charge in [0.05, 0.1) is 0 Å². The van der Waals surface area contributed by atoms with Gasteiger partial charge in [0, 0.05) is 13.0 Å². The molecule has 2 atom stereocenters. The highest BCUT2D eigenvalue weighted by Gasteiger charge is 2.39. The predicted molar refractivity (Wildman–Crippen MR) is 74.7 cm³/mol. The summed E-state index contributed by atoms with van der Waals surface area (Å²) in [5.41, 5.74) is 0. The van der Waals surface area contributed by atoms with Crippen molar-refractivity contribution in [3.63, 3.8) is 0 Å². The van der Waals surface area contributed by atoms with Crippen LogP contribution in [0, 0.1) is 11.8 Å². The van der Waals surface area contributed by atoms with E-state index < -0.39 is 8.32 Å². The summed E-state index contributed by atoms with van der Waals surface area (Å²) >= 11 is 0. The Bertz CT molecular complexity index is 255. The molecule has 0 N–H and O–H groups in total. The third-order valence-corrected chi connectivity index (χ3v) is 9.02. The highest BCUT2D eigenvalue weighted by atomic mass is 28.4. The van der Waals surface area contributed by atoms with Crippen molar-refractivity contribution in [2.45, 2.75) is 64.6 Å². The fraction of sp³-hybridized carbons (Fsp3) is 0.929. The first-order valence-electron chi connectivity index (χ1n) is 6.85. The minimum absolute atomic E-state index is 0.313. The van der Waals surface area contributed by atoms with E-state index in [0.717, 1.165) is 37.6 Å². The molecule has 0 unspecified atom stereocenters. The molecule has 0 aromatic rings. The number of hydrogen-bond donors (Lipinski definition) is 0. The molecule has 0 radical (unpaired) electrons. The highest BCUT2D eigenvalue weighted by molar-refractivity contribution is 6.74. The minimum atomic E-state index is -1.55. The van der Waals surface area contributed by atoms with E-state index >= 15 is 0 Å². The molecule has 1 aliphatic rings. The average molecular weight is 256 g/mol. The van der Waals surface area contributed by atoms with Gasteiger partial charge in [-0.2, -0.15) is 0 Å². The van der Waals surface area contributed by atoms with Gasteiger partial charge in [-0.05, 0) is 49.2 Å². The predicted octanol–water partition coefficient (Wildman–Crippen LogP) is 4.01. The molecule has 3 heteroatoms. The number of aldehydes is 1. The summed E-state index contributed by atoms with van der Waals surface area (Å²) in [6.45, 7) is 12.4. The van der Waals surface area contributed by atoms with E-state index in [1.165, 1.54) is 12.8 Å². The van der Waals surface area contributed by atoms with Crippen LogP contribution in [-0.2, 0) is 9.22 Å². The lowest BCUT2D eigenvalue weighted by Gasteiger charge is -2.36. The van der Waals surface area contributed by atoms with Gasteiger partial charge in [0.1, 0.15) is 6.29 Å². The first-order valence-corrected chi connectivity index (χ1v) is 9.76. The molecular formula is C14H28O2Si. The van der Waals surface area contributed by atoms with Crippen molar-refractivity contribution in [1.82, 2.24) is 0 Å². The summed E-state index contributed by atoms with van der Waals surface area (Å²) in [5, 5.41) is 0.313. The molecule has 17 heavy (non-hydrogen) atoms. The van der Waals surface area contributed by atoms with Gasteiger partial charge < -0.3 is 9.22 Å². The van der Waals surface area contributed by atoms with E-state index in [1.807, 2.05) is 0 Å². The van der Waals surface area contributed by atoms with Crippen molar-refractivity contribution in [3.05, 3.63) is 0 Å². The van der Waals surface area contributed by atoms with E-state index in [1.54, 1.807) is 0 Å². The van der Waals surface area contributed by atoms with Crippen molar-refractivity contribution in [1.29, 1.82) is 0 Å². The molecule has 0 heterocycles. The average Bonchev–Trinajstić information content (AvgIpc) is 2.91. The molecule has 1 aliphatic carbocycles. The Hall–Kier alpha value is -0.153. The Morgan fingerprint density at radius 3 is 2.35 bits per heavy atom. The van der Waals surface area contributed by atoms with Crippen LogP contribution in [0.15, 0.2) is 0 Å². The zero-order valence-corrected chi connectivity index (χ0v) is 13.1. The van der Waals surface area contributed by atoms with Gasteiger partial charge in [-0.3, -0.25) is 0 Å². The minimum Gasteiger partial charge on any atom is -0.417 e. The van der Waals surface area contributed by atoms with E-state index in [-0.39, 0.29) is 0 Å². The Kier molecular flexibility index (Phi) is 4.96. The normalized spacial score (nSPS) is 24.8. The van der Waals surface area contributed by atoms with Gasteiger partial charge in [0.2, 0.25) is 0 Å². The summed E-state index contributed by atoms with van der Waals surface area (Å²) in [5.74, 6) is 1.64. The maximum atomic E-state index is 10.3. The van der Waals surface area contributed by atoms with E-state index in [2.05, 4.69) is 33.9 Å². The second-order valence-electron chi connectivity index (χ2n) is 6.90. The monoisotopic (exact) mass is 256 g/mol. The lowest BCUT2D eigenvalue weighted by molar-refractivity contribution is -0.108. The van der Waals surface area contributed by atoms with Gasteiger partial charge in [-0.25, -0.2) is 0 Å². The first kappa shape index (κ1) is 14.9. The lowest BCUT2D eigenvalue weighted by Crippen LogP contribution is -2.41. The summed E-state index contributed by atoms with van der Waals surface area (Å²) in [7, 11) is -1.55. The van der Waals surface area contributed by atoms with Crippen molar-refractivity contribution < 1.29 is 9.22 Å². The third-order valence-electron chi connectivity index (χ3n) is 4.48. The summed E-state index contributed by atoms with van der Waals surface area (Å²) in [6, 6.07) is 0. The fourth-order valence-electron chi connectivity index (χ4n) is 1.98. The van der Waals surface area contributed by atoms with Crippen LogP contribution in [0.3, 0.4) is 0 Å². The lowest BCUT2D eigenvalue weighted by atomic mass is 10.2. The van der Waals surface area contributed by atoms with Crippen LogP contribution in [0.1, 0.15) is 46.5 Å². The third kappa shape index (κ3) is 4.55. The zero-order chi connectivity index (χ0) is 13.1. The van der Waals surface area contributed by atoms with Crippen LogP contribution in [0.25, 0.3) is 0 Å². The van der Waals surface area contributed by atoms with Crippen LogP contribution in [-0.4, -0.2) is 21.2 Å². The van der Waals surface area contributed by atoms with Crippen LogP contribution >= 0.6 is 0 Å². The number of hydrogen-bond acceptors (Lipinski definition) is 2. The van der Waals surface area contributed by atoms with Crippen molar-refractivity contribution in [2.75, 3.05) is 6.61 Å². The number of carbonyl (C=O) groups is 1. The second-order valence-corrected chi connectivity index (χ2v) is 11.7. The van der Waals surface area contributed by atoms with Crippen molar-refractivity contribution in [2.24, 2.45) is 11.8 Å². The molecule has 1 rings (SSSR count). The van der Waals surface area contributed by atoms with Gasteiger partial charge in [-0.1, -0.05) is 20.8 Å². The first-order chi connectivity index (χ1) is 7.78. The standard InChI is InChI=1S/C14H28O2Si/c1-14(2,3)17(4,5)16-10-8-13-11-12(13)7-6-9-15/h9,12-13H,6-8,10-11H2,1-5H3/t12-,13-/m0/s1. The largest absolute Gasteiger partial charge is 0.417 e. The molecule has 0 amide bonds. The Balaban J connectivity index is 2.15. The molecule has 1 fully saturated rings.